The molecule has 2 aromatic rings. The molecule has 7 heteroatoms. The Morgan fingerprint density at radius 1 is 1.28 bits per heavy atom. The lowest BCUT2D eigenvalue weighted by Gasteiger charge is -2.25. The number of H-pyrrole nitrogens is 1. The van der Waals surface area contributed by atoms with Gasteiger partial charge in [-0.2, -0.15) is 10.5 Å². The molecule has 0 fully saturated rings. The molecule has 0 radical (unpaired) electrons. The zero-order valence-corrected chi connectivity index (χ0v) is 14.8. The highest BCUT2D eigenvalue weighted by Gasteiger charge is 2.20. The monoisotopic (exact) mass is 352 g/mol. The number of rotatable bonds is 5. The van der Waals surface area contributed by atoms with E-state index in [1.807, 2.05) is 49.4 Å². The average molecular weight is 352 g/mol. The Balaban J connectivity index is 2.09. The third-order valence-corrected chi connectivity index (χ3v) is 4.91. The van der Waals surface area contributed by atoms with Crippen LogP contribution < -0.4 is 10.7 Å². The van der Waals surface area contributed by atoms with Crippen LogP contribution in [0.1, 0.15) is 29.7 Å². The van der Waals surface area contributed by atoms with Crippen molar-refractivity contribution in [3.05, 3.63) is 53.1 Å². The number of nitrogens with zero attached hydrogens (tertiary/aromatic N) is 3. The number of thioether (sulfide) groups is 1. The fourth-order valence-corrected chi connectivity index (χ4v) is 3.15. The van der Waals surface area contributed by atoms with Gasteiger partial charge < -0.3 is 4.90 Å². The molecular formula is C18H18N5OS+. The lowest BCUT2D eigenvalue weighted by molar-refractivity contribution is -0.410. The van der Waals surface area contributed by atoms with E-state index in [4.69, 9.17) is 11.0 Å². The van der Waals surface area contributed by atoms with Crippen LogP contribution in [0.4, 0.5) is 5.82 Å². The largest absolute Gasteiger partial charge is 0.338 e. The van der Waals surface area contributed by atoms with Crippen LogP contribution in [0.5, 0.6) is 0 Å². The fraction of sp³-hybridized carbons (Fsp3) is 0.222. The molecule has 0 aliphatic carbocycles. The molecule has 0 unspecified atom stereocenters. The number of aromatic amines is 1. The Morgan fingerprint density at radius 3 is 2.52 bits per heavy atom. The number of aromatic nitrogens is 1. The van der Waals surface area contributed by atoms with Crippen molar-refractivity contribution in [2.45, 2.75) is 18.0 Å². The second-order valence-electron chi connectivity index (χ2n) is 5.44. The Bertz CT molecular complexity index is 854. The maximum atomic E-state index is 12.5. The number of pyridine rings is 1. The highest BCUT2D eigenvalue weighted by molar-refractivity contribution is 7.99. The first-order valence-corrected chi connectivity index (χ1v) is 8.56. The summed E-state index contributed by atoms with van der Waals surface area (Å²) in [5, 5.41) is 18.7. The predicted molar refractivity (Wildman–Crippen MR) is 95.2 cm³/mol. The Kier molecular flexibility index (Phi) is 5.99. The smallest absolute Gasteiger partial charge is 0.289 e. The minimum atomic E-state index is -0.0680. The van der Waals surface area contributed by atoms with Gasteiger partial charge in [0.05, 0.1) is 11.8 Å². The maximum absolute atomic E-state index is 12.5. The molecule has 0 saturated heterocycles. The van der Waals surface area contributed by atoms with Gasteiger partial charge in [0.1, 0.15) is 23.3 Å². The number of hydrogen-bond donors (Lipinski definition) is 1. The van der Waals surface area contributed by atoms with Crippen molar-refractivity contribution in [2.75, 3.05) is 18.5 Å². The molecule has 2 rings (SSSR count). The van der Waals surface area contributed by atoms with Crippen molar-refractivity contribution in [3.8, 4) is 12.1 Å². The summed E-state index contributed by atoms with van der Waals surface area (Å²) in [6.45, 7) is 1.96. The summed E-state index contributed by atoms with van der Waals surface area (Å²) in [4.78, 5) is 17.0. The van der Waals surface area contributed by atoms with E-state index in [0.29, 0.717) is 10.6 Å². The Morgan fingerprint density at radius 2 is 1.92 bits per heavy atom. The first-order valence-electron chi connectivity index (χ1n) is 7.57. The Hall–Kier alpha value is -3.03. The summed E-state index contributed by atoms with van der Waals surface area (Å²) in [5.41, 5.74) is 7.30. The van der Waals surface area contributed by atoms with Crippen LogP contribution in [0.3, 0.4) is 0 Å². The fourth-order valence-electron chi connectivity index (χ4n) is 2.24. The summed E-state index contributed by atoms with van der Waals surface area (Å²) in [6.07, 6.45) is 0. The van der Waals surface area contributed by atoms with Crippen LogP contribution in [-0.2, 0) is 4.79 Å². The van der Waals surface area contributed by atoms with Gasteiger partial charge in [0.2, 0.25) is 5.91 Å². The van der Waals surface area contributed by atoms with E-state index in [1.165, 1.54) is 17.8 Å². The molecule has 0 aliphatic heterocycles. The number of nitrogen functional groups attached to an aromatic ring is 1. The number of benzene rings is 1. The van der Waals surface area contributed by atoms with Gasteiger partial charge in [-0.05, 0) is 18.6 Å². The van der Waals surface area contributed by atoms with Crippen molar-refractivity contribution in [2.24, 2.45) is 0 Å². The molecule has 0 spiro atoms. The zero-order valence-electron chi connectivity index (χ0n) is 14.0. The third-order valence-electron chi connectivity index (χ3n) is 3.91. The Labute approximate surface area is 150 Å². The summed E-state index contributed by atoms with van der Waals surface area (Å²) in [6, 6.07) is 15.1. The average Bonchev–Trinajstić information content (AvgIpc) is 2.65. The summed E-state index contributed by atoms with van der Waals surface area (Å²) in [5.74, 6) is 0.272. The number of amides is 1. The number of anilines is 1. The molecule has 1 aromatic heterocycles. The number of carbonyl (C=O) groups is 1. The molecule has 1 aromatic carbocycles. The molecule has 0 bridgehead atoms. The van der Waals surface area contributed by atoms with Gasteiger partial charge in [-0.3, -0.25) is 10.5 Å². The molecule has 1 atom stereocenters. The second-order valence-corrected chi connectivity index (χ2v) is 6.43. The molecule has 1 heterocycles. The highest BCUT2D eigenvalue weighted by Crippen LogP contribution is 2.23. The molecule has 25 heavy (non-hydrogen) atoms. The zero-order chi connectivity index (χ0) is 18.4. The van der Waals surface area contributed by atoms with Crippen LogP contribution in [0.25, 0.3) is 0 Å². The molecule has 1 amide bonds. The van der Waals surface area contributed by atoms with E-state index in [0.717, 1.165) is 5.56 Å². The van der Waals surface area contributed by atoms with Crippen molar-refractivity contribution < 1.29 is 9.78 Å². The van der Waals surface area contributed by atoms with Crippen molar-refractivity contribution >= 4 is 23.5 Å². The third kappa shape index (κ3) is 4.28. The van der Waals surface area contributed by atoms with Crippen LogP contribution in [-0.4, -0.2) is 23.6 Å². The molecular weight excluding hydrogens is 334 g/mol. The predicted octanol–water partition coefficient (Wildman–Crippen LogP) is 2.14. The van der Waals surface area contributed by atoms with Crippen molar-refractivity contribution in [1.82, 2.24) is 4.90 Å². The quantitative estimate of drug-likeness (QED) is 0.829. The van der Waals surface area contributed by atoms with Crippen molar-refractivity contribution in [1.29, 1.82) is 10.5 Å². The lowest BCUT2D eigenvalue weighted by atomic mass is 10.1. The van der Waals surface area contributed by atoms with E-state index in [9.17, 15) is 10.1 Å². The van der Waals surface area contributed by atoms with E-state index in [1.54, 1.807) is 11.9 Å². The first-order chi connectivity index (χ1) is 12.0. The lowest BCUT2D eigenvalue weighted by Crippen LogP contribution is -2.31. The van der Waals surface area contributed by atoms with E-state index >= 15 is 0 Å². The standard InChI is InChI=1S/C18H17N5OS/c1-12(13-6-4-3-5-7-13)23(2)16(24)11-25-18-15(10-20)8-14(9-19)17(21)22-18/h3-8,12H,11H2,1-2H3,(H2,21,22)/p+1/t12-/m0/s1. The second kappa shape index (κ2) is 8.18. The van der Waals surface area contributed by atoms with Gasteiger partial charge in [-0.1, -0.05) is 42.1 Å². The van der Waals surface area contributed by atoms with E-state index < -0.39 is 0 Å². The van der Waals surface area contributed by atoms with Gasteiger partial charge >= 0.3 is 0 Å². The summed E-state index contributed by atoms with van der Waals surface area (Å²) in [7, 11) is 1.75. The molecule has 0 saturated carbocycles. The van der Waals surface area contributed by atoms with Crippen molar-refractivity contribution in [3.63, 3.8) is 0 Å². The molecule has 0 aliphatic rings. The van der Waals surface area contributed by atoms with Crippen LogP contribution in [0.15, 0.2) is 41.4 Å². The first kappa shape index (κ1) is 18.3. The van der Waals surface area contributed by atoms with E-state index in [2.05, 4.69) is 4.98 Å². The maximum Gasteiger partial charge on any atom is 0.289 e. The van der Waals surface area contributed by atoms with Gasteiger partial charge in [0.25, 0.3) is 5.82 Å². The van der Waals surface area contributed by atoms with Crippen LogP contribution in [0.2, 0.25) is 0 Å². The van der Waals surface area contributed by atoms with Gasteiger partial charge in [-0.15, -0.1) is 0 Å². The van der Waals surface area contributed by atoms with Crippen LogP contribution in [0, 0.1) is 22.7 Å². The van der Waals surface area contributed by atoms with Gasteiger partial charge in [0, 0.05) is 7.05 Å². The normalized spacial score (nSPS) is 11.2. The van der Waals surface area contributed by atoms with Gasteiger partial charge in [0.15, 0.2) is 5.03 Å². The number of nitrogens with one attached hydrogen (secondary N) is 1. The van der Waals surface area contributed by atoms with Gasteiger partial charge in [-0.25, -0.2) is 4.98 Å². The van der Waals surface area contributed by atoms with E-state index in [-0.39, 0.29) is 29.1 Å². The summed E-state index contributed by atoms with van der Waals surface area (Å²) >= 11 is 1.20. The number of nitriles is 2. The number of hydrogen-bond acceptors (Lipinski definition) is 5. The minimum Gasteiger partial charge on any atom is -0.338 e. The molecule has 126 valence electrons. The SMILES string of the molecule is C[C@@H](c1ccccc1)N(C)C(=O)CSc1[nH+]c(N)c(C#N)cc1C#N. The highest BCUT2D eigenvalue weighted by atomic mass is 32.2. The topological polar surface area (TPSA) is 108 Å². The number of nitrogens with two attached hydrogens (primary N) is 1. The molecule has 6 nitrogen and oxygen atoms in total. The minimum absolute atomic E-state index is 0.0558. The molecule has 3 N–H and O–H groups in total. The number of carbonyl (C=O) groups excluding carboxylic acids is 1. The van der Waals surface area contributed by atoms with Crippen LogP contribution >= 0.6 is 11.8 Å². The summed E-state index contributed by atoms with van der Waals surface area (Å²) < 4.78 is 0.